The summed E-state index contributed by atoms with van der Waals surface area (Å²) in [5, 5.41) is 0.428. The zero-order chi connectivity index (χ0) is 30.0. The summed E-state index contributed by atoms with van der Waals surface area (Å²) >= 11 is 11.2. The predicted octanol–water partition coefficient (Wildman–Crippen LogP) is 5.42. The van der Waals surface area contributed by atoms with E-state index in [1.165, 1.54) is 30.1 Å². The Kier molecular flexibility index (Phi) is 8.86. The fourth-order valence-corrected chi connectivity index (χ4v) is 6.37. The number of fused-ring (bicyclic) bond motifs is 1. The average molecular weight is 670 g/mol. The minimum absolute atomic E-state index is 0.222. The lowest BCUT2D eigenvalue weighted by Gasteiger charge is -2.25. The molecule has 1 aromatic heterocycles. The van der Waals surface area contributed by atoms with E-state index in [4.69, 9.17) is 30.5 Å². The lowest BCUT2D eigenvalue weighted by molar-refractivity contribution is -0.136. The number of esters is 1. The third-order valence-electron chi connectivity index (χ3n) is 6.72. The van der Waals surface area contributed by atoms with Gasteiger partial charge in [-0.3, -0.25) is 9.36 Å². The molecule has 3 aromatic carbocycles. The van der Waals surface area contributed by atoms with Crippen molar-refractivity contribution in [3.8, 4) is 17.2 Å². The van der Waals surface area contributed by atoms with Crippen LogP contribution in [0.1, 0.15) is 29.7 Å². The molecule has 0 fully saturated rings. The largest absolute Gasteiger partial charge is 0.496 e. The maximum atomic E-state index is 14.0. The van der Waals surface area contributed by atoms with Gasteiger partial charge in [0, 0.05) is 15.1 Å². The Morgan fingerprint density at radius 3 is 2.48 bits per heavy atom. The number of nitrogens with zero attached hydrogens (tertiary/aromatic N) is 2. The number of aromatic nitrogens is 1. The molecule has 0 N–H and O–H groups in total. The quantitative estimate of drug-likeness (QED) is 0.233. The van der Waals surface area contributed by atoms with E-state index in [-0.39, 0.29) is 11.1 Å². The van der Waals surface area contributed by atoms with E-state index in [1.54, 1.807) is 44.4 Å². The van der Waals surface area contributed by atoms with Gasteiger partial charge in [0.2, 0.25) is 0 Å². The number of ether oxygens (including phenoxy) is 4. The van der Waals surface area contributed by atoms with Crippen molar-refractivity contribution >= 4 is 50.9 Å². The highest BCUT2D eigenvalue weighted by Crippen LogP contribution is 2.38. The van der Waals surface area contributed by atoms with E-state index < -0.39 is 12.0 Å². The van der Waals surface area contributed by atoms with Gasteiger partial charge in [-0.1, -0.05) is 69.2 Å². The minimum atomic E-state index is -0.865. The fraction of sp³-hybridized carbons (Fsp3) is 0.194. The summed E-state index contributed by atoms with van der Waals surface area (Å²) in [5.41, 5.74) is 2.58. The molecule has 0 amide bonds. The zero-order valence-electron chi connectivity index (χ0n) is 23.1. The van der Waals surface area contributed by atoms with Gasteiger partial charge in [0.05, 0.1) is 37.1 Å². The molecule has 0 aliphatic carbocycles. The van der Waals surface area contributed by atoms with Crippen molar-refractivity contribution in [2.24, 2.45) is 4.99 Å². The van der Waals surface area contributed by atoms with Crippen molar-refractivity contribution in [2.45, 2.75) is 19.6 Å². The second-order valence-corrected chi connectivity index (χ2v) is 11.6. The summed E-state index contributed by atoms with van der Waals surface area (Å²) in [6.45, 7) is 2.08. The van der Waals surface area contributed by atoms with Gasteiger partial charge in [-0.25, -0.2) is 9.79 Å². The van der Waals surface area contributed by atoms with Gasteiger partial charge in [-0.15, -0.1) is 0 Å². The first-order valence-electron chi connectivity index (χ1n) is 12.7. The molecule has 2 heterocycles. The van der Waals surface area contributed by atoms with Gasteiger partial charge < -0.3 is 18.9 Å². The Bertz CT molecular complexity index is 1880. The number of carbonyl (C=O) groups is 1. The number of methoxy groups -OCH3 is 3. The highest BCUT2D eigenvalue weighted by molar-refractivity contribution is 9.10. The number of hydrogen-bond acceptors (Lipinski definition) is 8. The van der Waals surface area contributed by atoms with E-state index in [1.807, 2.05) is 36.4 Å². The summed E-state index contributed by atoms with van der Waals surface area (Å²) in [6.07, 6.45) is 1.75. The van der Waals surface area contributed by atoms with Crippen LogP contribution in [0.5, 0.6) is 17.2 Å². The molecule has 1 atom stereocenters. The van der Waals surface area contributed by atoms with Crippen molar-refractivity contribution in [3.63, 3.8) is 0 Å². The zero-order valence-corrected chi connectivity index (χ0v) is 26.3. The van der Waals surface area contributed by atoms with E-state index in [9.17, 15) is 9.59 Å². The molecule has 11 heteroatoms. The molecule has 8 nitrogen and oxygen atoms in total. The highest BCUT2D eigenvalue weighted by atomic mass is 79.9. The van der Waals surface area contributed by atoms with Crippen LogP contribution in [-0.2, 0) is 16.1 Å². The molecule has 42 heavy (non-hydrogen) atoms. The maximum absolute atomic E-state index is 14.0. The van der Waals surface area contributed by atoms with Crippen LogP contribution in [0.15, 0.2) is 86.2 Å². The van der Waals surface area contributed by atoms with E-state index >= 15 is 0 Å². The first kappa shape index (κ1) is 29.6. The molecule has 0 saturated heterocycles. The van der Waals surface area contributed by atoms with Crippen molar-refractivity contribution in [2.75, 3.05) is 21.3 Å². The Labute approximate surface area is 259 Å². The normalized spacial score (nSPS) is 14.7. The Morgan fingerprint density at radius 2 is 1.79 bits per heavy atom. The number of halogens is 2. The standard InChI is InChI=1S/C31H26BrClN2O6S/c1-17-27(30(37)40-4)28(21-14-20(33)10-11-23(21)38-2)35-29(36)26(42-31(35)34-17)13-19-12-24(39-3)25(15-22(19)32)41-16-18-8-6-5-7-9-18/h5-15,28H,16H2,1-4H3/b26-13-/t28-/m1/s1. The van der Waals surface area contributed by atoms with Crippen LogP contribution in [0, 0.1) is 0 Å². The maximum Gasteiger partial charge on any atom is 0.338 e. The fourth-order valence-electron chi connectivity index (χ4n) is 4.72. The van der Waals surface area contributed by atoms with Crippen LogP contribution >= 0.6 is 38.9 Å². The average Bonchev–Trinajstić information content (AvgIpc) is 3.30. The van der Waals surface area contributed by atoms with Crippen molar-refractivity contribution in [1.82, 2.24) is 4.57 Å². The molecule has 4 aromatic rings. The first-order chi connectivity index (χ1) is 20.2. The molecular formula is C31H26BrClN2O6S. The smallest absolute Gasteiger partial charge is 0.338 e. The van der Waals surface area contributed by atoms with Gasteiger partial charge in [-0.05, 0) is 54.5 Å². The molecule has 0 spiro atoms. The topological polar surface area (TPSA) is 88.4 Å². The van der Waals surface area contributed by atoms with Crippen LogP contribution in [0.25, 0.3) is 6.08 Å². The molecule has 0 unspecified atom stereocenters. The summed E-state index contributed by atoms with van der Waals surface area (Å²) in [7, 11) is 4.37. The molecule has 0 radical (unpaired) electrons. The number of thiazole rings is 1. The monoisotopic (exact) mass is 668 g/mol. The summed E-state index contributed by atoms with van der Waals surface area (Å²) in [4.78, 5) is 32.0. The van der Waals surface area contributed by atoms with Crippen LogP contribution in [0.4, 0.5) is 0 Å². The van der Waals surface area contributed by atoms with E-state index in [0.29, 0.717) is 59.5 Å². The van der Waals surface area contributed by atoms with Gasteiger partial charge in [0.25, 0.3) is 5.56 Å². The number of benzene rings is 3. The molecule has 1 aliphatic rings. The number of rotatable bonds is 8. The van der Waals surface area contributed by atoms with Crippen LogP contribution in [0.2, 0.25) is 5.02 Å². The summed E-state index contributed by atoms with van der Waals surface area (Å²) in [6, 6.07) is 17.6. The van der Waals surface area contributed by atoms with Crippen LogP contribution < -0.4 is 29.1 Å². The van der Waals surface area contributed by atoms with E-state index in [0.717, 1.165) is 5.56 Å². The predicted molar refractivity (Wildman–Crippen MR) is 165 cm³/mol. The first-order valence-corrected chi connectivity index (χ1v) is 14.7. The third kappa shape index (κ3) is 5.74. The second kappa shape index (κ2) is 12.6. The highest BCUT2D eigenvalue weighted by Gasteiger charge is 2.35. The molecule has 5 rings (SSSR count). The Morgan fingerprint density at radius 1 is 1.05 bits per heavy atom. The number of carbonyl (C=O) groups excluding carboxylic acids is 1. The molecular weight excluding hydrogens is 644 g/mol. The molecule has 0 saturated carbocycles. The van der Waals surface area contributed by atoms with Gasteiger partial charge in [0.15, 0.2) is 16.3 Å². The number of hydrogen-bond donors (Lipinski definition) is 0. The molecule has 216 valence electrons. The van der Waals surface area contributed by atoms with E-state index in [2.05, 4.69) is 20.9 Å². The van der Waals surface area contributed by atoms with Gasteiger partial charge >= 0.3 is 5.97 Å². The SMILES string of the molecule is COC(=O)C1=C(C)N=c2s/c(=C\c3cc(OC)c(OCc4ccccc4)cc3Br)c(=O)n2[C@@H]1c1cc(Cl)ccc1OC. The summed E-state index contributed by atoms with van der Waals surface area (Å²) < 4.78 is 24.9. The summed E-state index contributed by atoms with van der Waals surface area (Å²) in [5.74, 6) is 0.932. The Balaban J connectivity index is 1.63. The molecule has 0 bridgehead atoms. The van der Waals surface area contributed by atoms with Crippen molar-refractivity contribution < 1.29 is 23.7 Å². The van der Waals surface area contributed by atoms with Crippen molar-refractivity contribution in [3.05, 3.63) is 118 Å². The third-order valence-corrected chi connectivity index (χ3v) is 8.62. The molecule has 1 aliphatic heterocycles. The second-order valence-electron chi connectivity index (χ2n) is 9.26. The van der Waals surface area contributed by atoms with Crippen LogP contribution in [-0.4, -0.2) is 31.9 Å². The lowest BCUT2D eigenvalue weighted by atomic mass is 9.95. The van der Waals surface area contributed by atoms with Crippen LogP contribution in [0.3, 0.4) is 0 Å². The minimum Gasteiger partial charge on any atom is -0.496 e. The Hall–Kier alpha value is -3.86. The van der Waals surface area contributed by atoms with Gasteiger partial charge in [0.1, 0.15) is 18.4 Å². The van der Waals surface area contributed by atoms with Crippen molar-refractivity contribution in [1.29, 1.82) is 0 Å². The number of allylic oxidation sites excluding steroid dienone is 1. The lowest BCUT2D eigenvalue weighted by Crippen LogP contribution is -2.40. The van der Waals surface area contributed by atoms with Gasteiger partial charge in [-0.2, -0.15) is 0 Å².